The highest BCUT2D eigenvalue weighted by Crippen LogP contribution is 2.37. The van der Waals surface area contributed by atoms with Crippen molar-refractivity contribution in [3.8, 4) is 0 Å². The molecule has 0 bridgehead atoms. The first-order valence-electron chi connectivity index (χ1n) is 6.78. The number of nitrogens with two attached hydrogens (primary N) is 1. The highest BCUT2D eigenvalue weighted by atomic mass is 19.4. The van der Waals surface area contributed by atoms with Crippen molar-refractivity contribution in [2.45, 2.75) is 19.0 Å². The maximum atomic E-state index is 13.0. The van der Waals surface area contributed by atoms with Crippen molar-refractivity contribution in [1.82, 2.24) is 4.90 Å². The van der Waals surface area contributed by atoms with Gasteiger partial charge in [0.15, 0.2) is 0 Å². The summed E-state index contributed by atoms with van der Waals surface area (Å²) in [5, 5.41) is 0. The fraction of sp³-hybridized carbons (Fsp3) is 0.571. The van der Waals surface area contributed by atoms with Crippen LogP contribution in [0.4, 0.5) is 24.5 Å². The van der Waals surface area contributed by atoms with Crippen molar-refractivity contribution in [1.29, 1.82) is 0 Å². The van der Waals surface area contributed by atoms with Gasteiger partial charge in [0.1, 0.15) is 0 Å². The van der Waals surface area contributed by atoms with Crippen molar-refractivity contribution < 1.29 is 13.2 Å². The Kier molecular flexibility index (Phi) is 4.42. The van der Waals surface area contributed by atoms with Gasteiger partial charge in [0.25, 0.3) is 0 Å². The van der Waals surface area contributed by atoms with Crippen LogP contribution in [-0.2, 0) is 6.18 Å². The van der Waals surface area contributed by atoms with Crippen molar-refractivity contribution >= 4 is 11.4 Å². The van der Waals surface area contributed by atoms with Crippen molar-refractivity contribution in [3.63, 3.8) is 0 Å². The van der Waals surface area contributed by atoms with Crippen LogP contribution >= 0.6 is 0 Å². The van der Waals surface area contributed by atoms with Crippen LogP contribution in [0.3, 0.4) is 0 Å². The lowest BCUT2D eigenvalue weighted by atomic mass is 10.1. The Hall–Kier alpha value is -1.43. The summed E-state index contributed by atoms with van der Waals surface area (Å²) >= 11 is 0. The van der Waals surface area contributed by atoms with Crippen LogP contribution in [0.25, 0.3) is 0 Å². The van der Waals surface area contributed by atoms with E-state index in [1.807, 2.05) is 0 Å². The maximum absolute atomic E-state index is 13.0. The van der Waals surface area contributed by atoms with E-state index in [1.165, 1.54) is 25.0 Å². The number of rotatable bonds is 4. The minimum atomic E-state index is -4.38. The van der Waals surface area contributed by atoms with E-state index in [0.29, 0.717) is 6.54 Å². The van der Waals surface area contributed by atoms with Gasteiger partial charge in [0.2, 0.25) is 0 Å². The topological polar surface area (TPSA) is 32.5 Å². The number of benzene rings is 1. The van der Waals surface area contributed by atoms with Gasteiger partial charge in [-0.1, -0.05) is 0 Å². The molecule has 1 aliphatic rings. The molecule has 0 aromatic heterocycles. The summed E-state index contributed by atoms with van der Waals surface area (Å²) in [6, 6.07) is 3.96. The highest BCUT2D eigenvalue weighted by molar-refractivity contribution is 5.60. The third kappa shape index (κ3) is 3.56. The molecular weight excluding hydrogens is 267 g/mol. The monoisotopic (exact) mass is 287 g/mol. The van der Waals surface area contributed by atoms with E-state index in [9.17, 15) is 13.2 Å². The third-order valence-electron chi connectivity index (χ3n) is 3.69. The minimum absolute atomic E-state index is 0.133. The number of hydrogen-bond acceptors (Lipinski definition) is 3. The third-order valence-corrected chi connectivity index (χ3v) is 3.69. The zero-order chi connectivity index (χ0) is 14.8. The molecule has 6 heteroatoms. The molecule has 0 saturated carbocycles. The van der Waals surface area contributed by atoms with Crippen LogP contribution in [0, 0.1) is 0 Å². The zero-order valence-corrected chi connectivity index (χ0v) is 11.6. The molecule has 1 saturated heterocycles. The Morgan fingerprint density at radius 1 is 1.25 bits per heavy atom. The molecule has 1 aromatic carbocycles. The van der Waals surface area contributed by atoms with Crippen LogP contribution in [-0.4, -0.2) is 38.1 Å². The molecule has 112 valence electrons. The summed E-state index contributed by atoms with van der Waals surface area (Å²) in [6.45, 7) is 3.45. The summed E-state index contributed by atoms with van der Waals surface area (Å²) in [4.78, 5) is 3.93. The number of nitrogen functional groups attached to an aromatic ring is 1. The smallest absolute Gasteiger partial charge is 0.399 e. The summed E-state index contributed by atoms with van der Waals surface area (Å²) in [5.74, 6) is 0. The molecule has 1 aliphatic heterocycles. The Balaban J connectivity index is 2.10. The average molecular weight is 287 g/mol. The Labute approximate surface area is 117 Å². The van der Waals surface area contributed by atoms with E-state index < -0.39 is 11.7 Å². The Bertz CT molecular complexity index is 453. The van der Waals surface area contributed by atoms with E-state index in [1.54, 1.807) is 11.9 Å². The van der Waals surface area contributed by atoms with Gasteiger partial charge < -0.3 is 15.5 Å². The second-order valence-electron chi connectivity index (χ2n) is 5.24. The van der Waals surface area contributed by atoms with Crippen molar-refractivity contribution in [3.05, 3.63) is 23.8 Å². The highest BCUT2D eigenvalue weighted by Gasteiger charge is 2.34. The van der Waals surface area contributed by atoms with Gasteiger partial charge in [-0.2, -0.15) is 13.2 Å². The van der Waals surface area contributed by atoms with Gasteiger partial charge in [-0.15, -0.1) is 0 Å². The van der Waals surface area contributed by atoms with Gasteiger partial charge in [-0.3, -0.25) is 0 Å². The van der Waals surface area contributed by atoms with Gasteiger partial charge in [-0.05, 0) is 44.1 Å². The van der Waals surface area contributed by atoms with Gasteiger partial charge in [-0.25, -0.2) is 0 Å². The number of halogens is 3. The number of nitrogens with zero attached hydrogens (tertiary/aromatic N) is 2. The molecule has 1 aromatic rings. The van der Waals surface area contributed by atoms with Crippen LogP contribution < -0.4 is 10.6 Å². The van der Waals surface area contributed by atoms with Gasteiger partial charge >= 0.3 is 6.18 Å². The lowest BCUT2D eigenvalue weighted by molar-refractivity contribution is -0.137. The standard InChI is InChI=1S/C14H20F3N3/c1-19(8-9-20-6-2-3-7-20)13-5-4-11(18)10-12(13)14(15,16)17/h4-5,10H,2-3,6-9,18H2,1H3. The quantitative estimate of drug-likeness (QED) is 0.864. The summed E-state index contributed by atoms with van der Waals surface area (Å²) < 4.78 is 39.1. The van der Waals surface area contributed by atoms with Crippen LogP contribution in [0.1, 0.15) is 18.4 Å². The summed E-state index contributed by atoms with van der Waals surface area (Å²) in [7, 11) is 1.69. The predicted molar refractivity (Wildman–Crippen MR) is 74.8 cm³/mol. The Morgan fingerprint density at radius 3 is 2.50 bits per heavy atom. The average Bonchev–Trinajstić information content (AvgIpc) is 2.88. The van der Waals surface area contributed by atoms with E-state index in [4.69, 9.17) is 5.73 Å². The van der Waals surface area contributed by atoms with Crippen LogP contribution in [0.2, 0.25) is 0 Å². The molecule has 1 heterocycles. The number of hydrogen-bond donors (Lipinski definition) is 1. The van der Waals surface area contributed by atoms with E-state index in [2.05, 4.69) is 4.90 Å². The molecule has 20 heavy (non-hydrogen) atoms. The van der Waals surface area contributed by atoms with E-state index in [0.717, 1.165) is 25.7 Å². The molecule has 2 rings (SSSR count). The molecule has 0 atom stereocenters. The molecule has 0 amide bonds. The van der Waals surface area contributed by atoms with Gasteiger partial charge in [0.05, 0.1) is 5.56 Å². The van der Waals surface area contributed by atoms with Crippen molar-refractivity contribution in [2.24, 2.45) is 0 Å². The maximum Gasteiger partial charge on any atom is 0.418 e. The predicted octanol–water partition coefficient (Wildman–Crippen LogP) is 2.82. The molecule has 0 unspecified atom stereocenters. The van der Waals surface area contributed by atoms with Crippen LogP contribution in [0.15, 0.2) is 18.2 Å². The number of likely N-dealkylation sites (N-methyl/N-ethyl adjacent to an activating group) is 1. The van der Waals surface area contributed by atoms with Crippen molar-refractivity contribution in [2.75, 3.05) is 43.9 Å². The molecule has 1 fully saturated rings. The molecule has 2 N–H and O–H groups in total. The Morgan fingerprint density at radius 2 is 1.90 bits per heavy atom. The second-order valence-corrected chi connectivity index (χ2v) is 5.24. The lowest BCUT2D eigenvalue weighted by Crippen LogP contribution is -2.32. The first kappa shape index (κ1) is 15.0. The normalized spacial score (nSPS) is 16.6. The second kappa shape index (κ2) is 5.91. The summed E-state index contributed by atoms with van der Waals surface area (Å²) in [5.41, 5.74) is 5.13. The summed E-state index contributed by atoms with van der Waals surface area (Å²) in [6.07, 6.45) is -2.02. The number of anilines is 2. The van der Waals surface area contributed by atoms with Crippen LogP contribution in [0.5, 0.6) is 0 Å². The fourth-order valence-corrected chi connectivity index (χ4v) is 2.53. The SMILES string of the molecule is CN(CCN1CCCC1)c1ccc(N)cc1C(F)(F)F. The first-order valence-corrected chi connectivity index (χ1v) is 6.78. The molecule has 0 spiro atoms. The zero-order valence-electron chi connectivity index (χ0n) is 11.6. The molecule has 3 nitrogen and oxygen atoms in total. The molecule has 0 aliphatic carbocycles. The van der Waals surface area contributed by atoms with E-state index in [-0.39, 0.29) is 11.4 Å². The fourth-order valence-electron chi connectivity index (χ4n) is 2.53. The number of likely N-dealkylation sites (tertiary alicyclic amines) is 1. The molecule has 0 radical (unpaired) electrons. The van der Waals surface area contributed by atoms with Gasteiger partial charge in [0, 0.05) is 31.5 Å². The van der Waals surface area contributed by atoms with E-state index >= 15 is 0 Å². The lowest BCUT2D eigenvalue weighted by Gasteiger charge is -2.26. The first-order chi connectivity index (χ1) is 9.38. The largest absolute Gasteiger partial charge is 0.418 e. The molecular formula is C14H20F3N3. The number of alkyl halides is 3. The minimum Gasteiger partial charge on any atom is -0.399 e.